The second kappa shape index (κ2) is 6.00. The molecule has 0 saturated carbocycles. The molecule has 1 rings (SSSR count). The Hall–Kier alpha value is -1.89. The third-order valence-electron chi connectivity index (χ3n) is 2.16. The molecule has 0 bridgehead atoms. The standard InChI is InChI=1S/C10H17N5O2/c1-2-3-8(11)10(17)14-7-4-13-15(5-7)6-9(12)16/h4-5,8H,2-3,6,11H2,1H3,(H2,12,16)(H,14,17)/t8-/m0/s1. The zero-order valence-electron chi connectivity index (χ0n) is 9.72. The molecule has 7 nitrogen and oxygen atoms in total. The lowest BCUT2D eigenvalue weighted by molar-refractivity contribution is -0.119. The molecule has 0 aliphatic heterocycles. The summed E-state index contributed by atoms with van der Waals surface area (Å²) in [6.07, 6.45) is 4.44. The SMILES string of the molecule is CCC[C@H](N)C(=O)Nc1cnn(CC(N)=O)c1. The van der Waals surface area contributed by atoms with E-state index in [4.69, 9.17) is 11.5 Å². The van der Waals surface area contributed by atoms with Gasteiger partial charge in [-0.3, -0.25) is 14.3 Å². The van der Waals surface area contributed by atoms with Gasteiger partial charge in [0, 0.05) is 6.20 Å². The van der Waals surface area contributed by atoms with Gasteiger partial charge in [-0.05, 0) is 6.42 Å². The molecule has 1 heterocycles. The fourth-order valence-electron chi connectivity index (χ4n) is 1.35. The molecule has 0 spiro atoms. The van der Waals surface area contributed by atoms with E-state index < -0.39 is 11.9 Å². The van der Waals surface area contributed by atoms with E-state index in [1.807, 2.05) is 6.92 Å². The van der Waals surface area contributed by atoms with Crippen LogP contribution in [0.15, 0.2) is 12.4 Å². The van der Waals surface area contributed by atoms with E-state index in [0.717, 1.165) is 6.42 Å². The maximum atomic E-state index is 11.6. The Morgan fingerprint density at radius 2 is 2.29 bits per heavy atom. The van der Waals surface area contributed by atoms with Gasteiger partial charge in [0.1, 0.15) is 6.54 Å². The van der Waals surface area contributed by atoms with E-state index in [9.17, 15) is 9.59 Å². The fraction of sp³-hybridized carbons (Fsp3) is 0.500. The normalized spacial score (nSPS) is 12.1. The summed E-state index contributed by atoms with van der Waals surface area (Å²) in [6, 6.07) is -0.528. The van der Waals surface area contributed by atoms with Crippen molar-refractivity contribution in [3.8, 4) is 0 Å². The highest BCUT2D eigenvalue weighted by Gasteiger charge is 2.13. The minimum absolute atomic E-state index is 0.0170. The molecule has 7 heteroatoms. The van der Waals surface area contributed by atoms with Gasteiger partial charge in [0.25, 0.3) is 0 Å². The predicted octanol–water partition coefficient (Wildman–Crippen LogP) is -0.566. The van der Waals surface area contributed by atoms with Crippen LogP contribution in [0.5, 0.6) is 0 Å². The molecule has 0 radical (unpaired) electrons. The predicted molar refractivity (Wildman–Crippen MR) is 62.9 cm³/mol. The Kier molecular flexibility index (Phi) is 4.65. The Morgan fingerprint density at radius 1 is 1.59 bits per heavy atom. The topological polar surface area (TPSA) is 116 Å². The molecular weight excluding hydrogens is 222 g/mol. The number of rotatable bonds is 6. The quantitative estimate of drug-likeness (QED) is 0.616. The van der Waals surface area contributed by atoms with Gasteiger partial charge in [-0.25, -0.2) is 0 Å². The van der Waals surface area contributed by atoms with E-state index in [1.54, 1.807) is 0 Å². The van der Waals surface area contributed by atoms with E-state index in [1.165, 1.54) is 17.1 Å². The van der Waals surface area contributed by atoms with Gasteiger partial charge in [0.15, 0.2) is 0 Å². The minimum atomic E-state index is -0.528. The second-order valence-electron chi connectivity index (χ2n) is 3.78. The monoisotopic (exact) mass is 239 g/mol. The lowest BCUT2D eigenvalue weighted by Gasteiger charge is -2.09. The van der Waals surface area contributed by atoms with Crippen molar-refractivity contribution in [2.75, 3.05) is 5.32 Å². The molecular formula is C10H17N5O2. The molecule has 0 aliphatic rings. The average molecular weight is 239 g/mol. The third-order valence-corrected chi connectivity index (χ3v) is 2.16. The highest BCUT2D eigenvalue weighted by molar-refractivity contribution is 5.94. The zero-order chi connectivity index (χ0) is 12.8. The smallest absolute Gasteiger partial charge is 0.241 e. The number of carbonyl (C=O) groups excluding carboxylic acids is 2. The molecule has 5 N–H and O–H groups in total. The van der Waals surface area contributed by atoms with Crippen LogP contribution in [0.3, 0.4) is 0 Å². The molecule has 0 fully saturated rings. The fourth-order valence-corrected chi connectivity index (χ4v) is 1.35. The highest BCUT2D eigenvalue weighted by Crippen LogP contribution is 2.06. The van der Waals surface area contributed by atoms with Gasteiger partial charge < -0.3 is 16.8 Å². The molecule has 0 aromatic carbocycles. The molecule has 1 atom stereocenters. The number of carbonyl (C=O) groups is 2. The minimum Gasteiger partial charge on any atom is -0.368 e. The summed E-state index contributed by atoms with van der Waals surface area (Å²) in [4.78, 5) is 22.2. The van der Waals surface area contributed by atoms with Crippen LogP contribution in [0.2, 0.25) is 0 Å². The number of anilines is 1. The number of nitrogens with two attached hydrogens (primary N) is 2. The number of hydrogen-bond acceptors (Lipinski definition) is 4. The van der Waals surface area contributed by atoms with Gasteiger partial charge >= 0.3 is 0 Å². The van der Waals surface area contributed by atoms with Crippen LogP contribution < -0.4 is 16.8 Å². The summed E-state index contributed by atoms with van der Waals surface area (Å²) in [6.45, 7) is 1.94. The molecule has 0 unspecified atom stereocenters. The van der Waals surface area contributed by atoms with E-state index in [2.05, 4.69) is 10.4 Å². The Bertz CT molecular complexity index is 401. The van der Waals surface area contributed by atoms with Crippen LogP contribution in [0, 0.1) is 0 Å². The molecule has 1 aromatic rings. The Balaban J connectivity index is 2.54. The first-order chi connectivity index (χ1) is 8.02. The largest absolute Gasteiger partial charge is 0.368 e. The lowest BCUT2D eigenvalue weighted by atomic mass is 10.2. The maximum Gasteiger partial charge on any atom is 0.241 e. The summed E-state index contributed by atoms with van der Waals surface area (Å²) in [5, 5.41) is 6.50. The summed E-state index contributed by atoms with van der Waals surface area (Å²) < 4.78 is 1.35. The number of nitrogens with one attached hydrogen (secondary N) is 1. The van der Waals surface area contributed by atoms with Crippen molar-refractivity contribution < 1.29 is 9.59 Å². The van der Waals surface area contributed by atoms with Crippen LogP contribution in [0.4, 0.5) is 5.69 Å². The molecule has 94 valence electrons. The van der Waals surface area contributed by atoms with Crippen LogP contribution in [0.1, 0.15) is 19.8 Å². The van der Waals surface area contributed by atoms with Gasteiger partial charge in [0.2, 0.25) is 11.8 Å². The highest BCUT2D eigenvalue weighted by atomic mass is 16.2. The summed E-state index contributed by atoms with van der Waals surface area (Å²) >= 11 is 0. The molecule has 0 saturated heterocycles. The van der Waals surface area contributed by atoms with Crippen molar-refractivity contribution in [2.24, 2.45) is 11.5 Å². The van der Waals surface area contributed by atoms with Crippen molar-refractivity contribution in [3.63, 3.8) is 0 Å². The van der Waals surface area contributed by atoms with Gasteiger partial charge in [-0.2, -0.15) is 5.10 Å². The van der Waals surface area contributed by atoms with Gasteiger partial charge in [0.05, 0.1) is 17.9 Å². The summed E-state index contributed by atoms with van der Waals surface area (Å²) in [5.41, 5.74) is 11.2. The first-order valence-electron chi connectivity index (χ1n) is 5.40. The number of amides is 2. The van der Waals surface area contributed by atoms with Crippen LogP contribution >= 0.6 is 0 Å². The molecule has 0 aliphatic carbocycles. The van der Waals surface area contributed by atoms with Crippen LogP contribution in [-0.2, 0) is 16.1 Å². The van der Waals surface area contributed by atoms with Gasteiger partial charge in [-0.15, -0.1) is 0 Å². The Labute approximate surface area is 99.1 Å². The number of primary amides is 1. The number of aromatic nitrogens is 2. The van der Waals surface area contributed by atoms with Crippen molar-refractivity contribution in [1.29, 1.82) is 0 Å². The maximum absolute atomic E-state index is 11.6. The third kappa shape index (κ3) is 4.23. The van der Waals surface area contributed by atoms with Crippen LogP contribution in [-0.4, -0.2) is 27.6 Å². The van der Waals surface area contributed by atoms with E-state index >= 15 is 0 Å². The second-order valence-corrected chi connectivity index (χ2v) is 3.78. The van der Waals surface area contributed by atoms with E-state index in [0.29, 0.717) is 12.1 Å². The summed E-state index contributed by atoms with van der Waals surface area (Å²) in [5.74, 6) is -0.751. The van der Waals surface area contributed by atoms with Crippen molar-refractivity contribution in [3.05, 3.63) is 12.4 Å². The Morgan fingerprint density at radius 3 is 2.88 bits per heavy atom. The van der Waals surface area contributed by atoms with E-state index in [-0.39, 0.29) is 12.5 Å². The summed E-state index contributed by atoms with van der Waals surface area (Å²) in [7, 11) is 0. The molecule has 1 aromatic heterocycles. The zero-order valence-corrected chi connectivity index (χ0v) is 9.72. The molecule has 2 amide bonds. The first-order valence-corrected chi connectivity index (χ1v) is 5.40. The number of nitrogens with zero attached hydrogens (tertiary/aromatic N) is 2. The van der Waals surface area contributed by atoms with Crippen LogP contribution in [0.25, 0.3) is 0 Å². The molecule has 17 heavy (non-hydrogen) atoms. The first kappa shape index (κ1) is 13.2. The number of hydrogen-bond donors (Lipinski definition) is 3. The lowest BCUT2D eigenvalue weighted by Crippen LogP contribution is -2.35. The van der Waals surface area contributed by atoms with Gasteiger partial charge in [-0.1, -0.05) is 13.3 Å². The van der Waals surface area contributed by atoms with Crippen molar-refractivity contribution >= 4 is 17.5 Å². The van der Waals surface area contributed by atoms with Crippen molar-refractivity contribution in [1.82, 2.24) is 9.78 Å². The van der Waals surface area contributed by atoms with Crippen molar-refractivity contribution in [2.45, 2.75) is 32.4 Å². The average Bonchev–Trinajstić information content (AvgIpc) is 2.64.